The topological polar surface area (TPSA) is 165 Å². The van der Waals surface area contributed by atoms with E-state index in [0.29, 0.717) is 6.54 Å². The molecular weight excluding hydrogens is 394 g/mol. The first-order chi connectivity index (χ1) is 14.1. The van der Waals surface area contributed by atoms with E-state index in [0.717, 1.165) is 19.3 Å². The lowest BCUT2D eigenvalue weighted by atomic mass is 10.0. The van der Waals surface area contributed by atoms with Crippen molar-refractivity contribution in [2.45, 2.75) is 135 Å². The molecule has 0 fully saturated rings. The normalized spacial score (nSPS) is 11.4. The molecule has 0 spiro atoms. The second-order valence-corrected chi connectivity index (χ2v) is 8.41. The Hall–Kier alpha value is -1.18. The number of hydrogen-bond acceptors (Lipinski definition) is 5. The van der Waals surface area contributed by atoms with E-state index < -0.39 is 24.4 Å². The van der Waals surface area contributed by atoms with Crippen LogP contribution >= 0.6 is 0 Å². The van der Waals surface area contributed by atoms with Gasteiger partial charge in [-0.1, -0.05) is 116 Å². The summed E-state index contributed by atoms with van der Waals surface area (Å²) in [5.74, 6) is -2.75. The summed E-state index contributed by atoms with van der Waals surface area (Å²) < 4.78 is 0. The number of unbranched alkanes of at least 4 members (excludes halogenated alkanes) is 17. The first-order valence-corrected chi connectivity index (χ1v) is 12.2. The maximum absolute atomic E-state index is 10.8. The van der Waals surface area contributed by atoms with Crippen LogP contribution in [0.1, 0.15) is 129 Å². The highest BCUT2D eigenvalue weighted by Crippen LogP contribution is 2.14. The lowest BCUT2D eigenvalue weighted by Gasteiger charge is -2.20. The van der Waals surface area contributed by atoms with E-state index in [-0.39, 0.29) is 12.3 Å². The van der Waals surface area contributed by atoms with Gasteiger partial charge in [0.1, 0.15) is 0 Å². The molecular formula is C24H53N3O4. The van der Waals surface area contributed by atoms with Crippen LogP contribution in [0.5, 0.6) is 0 Å². The van der Waals surface area contributed by atoms with Gasteiger partial charge >= 0.3 is 0 Å². The quantitative estimate of drug-likeness (QED) is 0.194. The van der Waals surface area contributed by atoms with Gasteiger partial charge in [0.15, 0.2) is 0 Å². The molecule has 31 heavy (non-hydrogen) atoms. The van der Waals surface area contributed by atoms with Crippen LogP contribution in [-0.4, -0.2) is 24.5 Å². The van der Waals surface area contributed by atoms with Gasteiger partial charge in [-0.25, -0.2) is 0 Å². The van der Waals surface area contributed by atoms with Crippen LogP contribution in [0.25, 0.3) is 0 Å². The number of carboxylic acid groups (broad SMARTS) is 2. The monoisotopic (exact) mass is 447 g/mol. The smallest absolute Gasteiger partial charge is 0.0588 e. The summed E-state index contributed by atoms with van der Waals surface area (Å²) in [5.41, 5.74) is 0. The van der Waals surface area contributed by atoms with Crippen LogP contribution in [0.4, 0.5) is 0 Å². The molecule has 0 rings (SSSR count). The SMILES string of the molecule is CCCCCCCCCCCCCCCCCCCCN[C@@H](CC(=O)[O-])C(=O)[O-].[NH4+].[NH4+]. The van der Waals surface area contributed by atoms with Crippen molar-refractivity contribution in [2.75, 3.05) is 6.54 Å². The Balaban J connectivity index is -0.00000392. The van der Waals surface area contributed by atoms with Gasteiger partial charge < -0.3 is 37.4 Å². The van der Waals surface area contributed by atoms with Crippen LogP contribution in [0, 0.1) is 0 Å². The number of nitrogens with one attached hydrogen (secondary N) is 1. The largest absolute Gasteiger partial charge is 0.550 e. The molecule has 0 aliphatic carbocycles. The van der Waals surface area contributed by atoms with Crippen LogP contribution < -0.4 is 27.8 Å². The lowest BCUT2D eigenvalue weighted by molar-refractivity contribution is -0.317. The lowest BCUT2D eigenvalue weighted by Crippen LogP contribution is -2.48. The summed E-state index contributed by atoms with van der Waals surface area (Å²) in [7, 11) is 0. The van der Waals surface area contributed by atoms with Gasteiger partial charge in [-0.15, -0.1) is 0 Å². The van der Waals surface area contributed by atoms with Gasteiger partial charge in [0.25, 0.3) is 0 Å². The molecule has 0 aliphatic rings. The Kier molecular flexibility index (Phi) is 29.8. The van der Waals surface area contributed by atoms with Crippen molar-refractivity contribution >= 4 is 11.9 Å². The molecule has 0 aliphatic heterocycles. The number of quaternary nitrogens is 2. The van der Waals surface area contributed by atoms with E-state index in [1.165, 1.54) is 96.3 Å². The predicted molar refractivity (Wildman–Crippen MR) is 127 cm³/mol. The van der Waals surface area contributed by atoms with E-state index in [9.17, 15) is 19.8 Å². The van der Waals surface area contributed by atoms with Gasteiger partial charge in [0.05, 0.1) is 12.0 Å². The fourth-order valence-electron chi connectivity index (χ4n) is 3.71. The highest BCUT2D eigenvalue weighted by Gasteiger charge is 2.08. The maximum Gasteiger partial charge on any atom is 0.0588 e. The number of carbonyl (C=O) groups excluding carboxylic acids is 2. The summed E-state index contributed by atoms with van der Waals surface area (Å²) in [6, 6.07) is -1.15. The number of carboxylic acids is 2. The third-order valence-corrected chi connectivity index (χ3v) is 5.58. The molecule has 0 bridgehead atoms. The summed E-state index contributed by atoms with van der Waals surface area (Å²) in [5, 5.41) is 24.0. The molecule has 0 aromatic rings. The zero-order valence-corrected chi connectivity index (χ0v) is 20.9. The Morgan fingerprint density at radius 2 is 0.935 bits per heavy atom. The Labute approximate surface area is 191 Å². The zero-order valence-electron chi connectivity index (χ0n) is 20.9. The predicted octanol–water partition coefficient (Wildman–Crippen LogP) is 4.63. The van der Waals surface area contributed by atoms with Crippen LogP contribution in [-0.2, 0) is 9.59 Å². The molecule has 0 amide bonds. The van der Waals surface area contributed by atoms with E-state index in [1.54, 1.807) is 0 Å². The molecule has 0 saturated heterocycles. The third-order valence-electron chi connectivity index (χ3n) is 5.58. The summed E-state index contributed by atoms with van der Waals surface area (Å²) in [6.45, 7) is 2.77. The molecule has 0 saturated carbocycles. The molecule has 7 heteroatoms. The Morgan fingerprint density at radius 1 is 0.613 bits per heavy atom. The van der Waals surface area contributed by atoms with Crippen molar-refractivity contribution < 1.29 is 19.8 Å². The average Bonchev–Trinajstić information content (AvgIpc) is 2.68. The fourth-order valence-corrected chi connectivity index (χ4v) is 3.71. The van der Waals surface area contributed by atoms with E-state index in [4.69, 9.17) is 0 Å². The second kappa shape index (κ2) is 26.9. The maximum atomic E-state index is 10.8. The molecule has 0 heterocycles. The summed E-state index contributed by atoms with van der Waals surface area (Å²) in [6.07, 6.45) is 23.0. The first-order valence-electron chi connectivity index (χ1n) is 12.2. The van der Waals surface area contributed by atoms with Crippen LogP contribution in [0.3, 0.4) is 0 Å². The van der Waals surface area contributed by atoms with Crippen molar-refractivity contribution in [2.24, 2.45) is 0 Å². The Bertz CT molecular complexity index is 395. The highest BCUT2D eigenvalue weighted by molar-refractivity contribution is 5.78. The number of rotatable bonds is 23. The zero-order chi connectivity index (χ0) is 21.6. The molecule has 0 radical (unpaired) electrons. The average molecular weight is 448 g/mol. The van der Waals surface area contributed by atoms with Gasteiger partial charge in [0.2, 0.25) is 0 Å². The van der Waals surface area contributed by atoms with Crippen LogP contribution in [0.2, 0.25) is 0 Å². The van der Waals surface area contributed by atoms with Crippen molar-refractivity contribution in [3.05, 3.63) is 0 Å². The molecule has 0 aromatic carbocycles. The summed E-state index contributed by atoms with van der Waals surface area (Å²) in [4.78, 5) is 21.3. The van der Waals surface area contributed by atoms with Crippen molar-refractivity contribution in [3.63, 3.8) is 0 Å². The first kappa shape index (κ1) is 34.4. The minimum absolute atomic E-state index is 0. The van der Waals surface area contributed by atoms with Gasteiger partial charge in [-0.2, -0.15) is 0 Å². The minimum Gasteiger partial charge on any atom is -0.550 e. The van der Waals surface area contributed by atoms with Crippen molar-refractivity contribution in [1.82, 2.24) is 17.6 Å². The van der Waals surface area contributed by atoms with Crippen LogP contribution in [0.15, 0.2) is 0 Å². The van der Waals surface area contributed by atoms with E-state index in [2.05, 4.69) is 12.2 Å². The number of hydrogen-bond donors (Lipinski definition) is 3. The van der Waals surface area contributed by atoms with Gasteiger partial charge in [-0.3, -0.25) is 0 Å². The van der Waals surface area contributed by atoms with E-state index in [1.807, 2.05) is 0 Å². The molecule has 188 valence electrons. The summed E-state index contributed by atoms with van der Waals surface area (Å²) >= 11 is 0. The molecule has 0 aromatic heterocycles. The van der Waals surface area contributed by atoms with Crippen molar-refractivity contribution in [3.8, 4) is 0 Å². The molecule has 1 atom stereocenters. The van der Waals surface area contributed by atoms with Crippen molar-refractivity contribution in [1.29, 1.82) is 0 Å². The van der Waals surface area contributed by atoms with Gasteiger partial charge in [-0.05, 0) is 13.0 Å². The number of aliphatic carboxylic acids is 2. The third kappa shape index (κ3) is 26.8. The minimum atomic E-state index is -1.38. The van der Waals surface area contributed by atoms with Gasteiger partial charge in [0, 0.05) is 12.4 Å². The fraction of sp³-hybridized carbons (Fsp3) is 0.917. The second-order valence-electron chi connectivity index (χ2n) is 8.41. The number of carbonyl (C=O) groups is 2. The molecule has 7 nitrogen and oxygen atoms in total. The molecule has 0 unspecified atom stereocenters. The molecule has 9 N–H and O–H groups in total. The highest BCUT2D eigenvalue weighted by atomic mass is 16.4. The Morgan fingerprint density at radius 3 is 1.23 bits per heavy atom. The standard InChI is InChI=1S/C24H47NO4.2H3N/c1-2-3-4-5-6-7-8-9-10-11-12-13-14-15-16-17-18-19-20-25-22(24(28)29)21-23(26)27;;/h22,25H,2-21H2,1H3,(H,26,27)(H,28,29);2*1H3/t22-;;/m0../s1. The van der Waals surface area contributed by atoms with E-state index >= 15 is 0 Å².